The minimum atomic E-state index is 0.797. The molecule has 0 fully saturated rings. The van der Waals surface area contributed by atoms with E-state index in [0.29, 0.717) is 0 Å². The van der Waals surface area contributed by atoms with Crippen LogP contribution < -0.4 is 9.80 Å². The Labute approximate surface area is 123 Å². The number of hydrogen-bond acceptors (Lipinski definition) is 5. The van der Waals surface area contributed by atoms with E-state index in [1.807, 2.05) is 24.6 Å². The van der Waals surface area contributed by atoms with Crippen LogP contribution in [0.5, 0.6) is 0 Å². The van der Waals surface area contributed by atoms with Crippen LogP contribution in [0.25, 0.3) is 0 Å². The average molecular weight is 284 g/mol. The molecule has 2 heterocycles. The fraction of sp³-hybridized carbons (Fsp3) is 0.200. The van der Waals surface area contributed by atoms with Gasteiger partial charge in [0.2, 0.25) is 0 Å². The van der Waals surface area contributed by atoms with Crippen LogP contribution in [0.2, 0.25) is 0 Å². The van der Waals surface area contributed by atoms with E-state index >= 15 is 0 Å². The smallest absolute Gasteiger partial charge is 0.189 e. The van der Waals surface area contributed by atoms with E-state index in [4.69, 9.17) is 0 Å². The van der Waals surface area contributed by atoms with Gasteiger partial charge in [-0.2, -0.15) is 0 Å². The molecule has 5 heteroatoms. The summed E-state index contributed by atoms with van der Waals surface area (Å²) in [6, 6.07) is 12.4. The van der Waals surface area contributed by atoms with Gasteiger partial charge >= 0.3 is 0 Å². The molecule has 1 aliphatic heterocycles. The monoisotopic (exact) mass is 284 g/mol. The Morgan fingerprint density at radius 2 is 2.00 bits per heavy atom. The second-order valence-electron chi connectivity index (χ2n) is 4.46. The fourth-order valence-corrected chi connectivity index (χ4v) is 2.51. The zero-order chi connectivity index (χ0) is 13.8. The summed E-state index contributed by atoms with van der Waals surface area (Å²) >= 11 is 1.56. The van der Waals surface area contributed by atoms with Crippen molar-refractivity contribution >= 4 is 23.3 Å². The molecule has 0 unspecified atom stereocenters. The second-order valence-corrected chi connectivity index (χ2v) is 5.23. The molecular formula is C15H16N4S. The highest BCUT2D eigenvalue weighted by Crippen LogP contribution is 2.21. The van der Waals surface area contributed by atoms with E-state index in [-0.39, 0.29) is 0 Å². The maximum Gasteiger partial charge on any atom is 0.189 e. The number of anilines is 2. The molecule has 1 aromatic carbocycles. The SMILES string of the molecule is CSc1nccc(N2C=CCN(c3ccccc3)C2)n1. The van der Waals surface area contributed by atoms with E-state index in [1.54, 1.807) is 11.8 Å². The Balaban J connectivity index is 1.81. The predicted molar refractivity (Wildman–Crippen MR) is 84.1 cm³/mol. The molecule has 20 heavy (non-hydrogen) atoms. The Morgan fingerprint density at radius 1 is 1.15 bits per heavy atom. The quantitative estimate of drug-likeness (QED) is 0.639. The van der Waals surface area contributed by atoms with Crippen LogP contribution in [0.3, 0.4) is 0 Å². The number of hydrogen-bond donors (Lipinski definition) is 0. The Morgan fingerprint density at radius 3 is 2.80 bits per heavy atom. The average Bonchev–Trinajstić information content (AvgIpc) is 2.56. The Bertz CT molecular complexity index is 600. The number of rotatable bonds is 3. The summed E-state index contributed by atoms with van der Waals surface area (Å²) < 4.78 is 0. The van der Waals surface area contributed by atoms with Crippen molar-refractivity contribution in [1.82, 2.24) is 9.97 Å². The number of para-hydroxylation sites is 1. The molecular weight excluding hydrogens is 268 g/mol. The van der Waals surface area contributed by atoms with E-state index in [0.717, 1.165) is 24.2 Å². The van der Waals surface area contributed by atoms with E-state index in [9.17, 15) is 0 Å². The van der Waals surface area contributed by atoms with Crippen molar-refractivity contribution in [2.75, 3.05) is 29.3 Å². The highest BCUT2D eigenvalue weighted by Gasteiger charge is 2.15. The van der Waals surface area contributed by atoms with Crippen molar-refractivity contribution in [3.05, 3.63) is 54.9 Å². The number of aromatic nitrogens is 2. The van der Waals surface area contributed by atoms with Gasteiger partial charge in [0.05, 0.1) is 6.67 Å². The van der Waals surface area contributed by atoms with E-state index in [1.165, 1.54) is 5.69 Å². The molecule has 0 atom stereocenters. The lowest BCUT2D eigenvalue weighted by atomic mass is 10.3. The van der Waals surface area contributed by atoms with Crippen molar-refractivity contribution in [2.45, 2.75) is 5.16 Å². The van der Waals surface area contributed by atoms with Gasteiger partial charge in [-0.1, -0.05) is 30.0 Å². The van der Waals surface area contributed by atoms with Gasteiger partial charge < -0.3 is 9.80 Å². The van der Waals surface area contributed by atoms with Gasteiger partial charge in [-0.15, -0.1) is 0 Å². The van der Waals surface area contributed by atoms with Crippen LogP contribution in [0, 0.1) is 0 Å². The third-order valence-corrected chi connectivity index (χ3v) is 3.71. The normalized spacial score (nSPS) is 14.7. The zero-order valence-corrected chi connectivity index (χ0v) is 12.1. The minimum absolute atomic E-state index is 0.797. The maximum absolute atomic E-state index is 4.54. The first kappa shape index (κ1) is 13.0. The molecule has 3 rings (SSSR count). The molecule has 0 aliphatic carbocycles. The maximum atomic E-state index is 4.54. The molecule has 4 nitrogen and oxygen atoms in total. The van der Waals surface area contributed by atoms with Gasteiger partial charge in [0, 0.05) is 24.6 Å². The molecule has 0 saturated heterocycles. The Kier molecular flexibility index (Phi) is 3.87. The van der Waals surface area contributed by atoms with Crippen LogP contribution in [0.1, 0.15) is 0 Å². The first-order valence-corrected chi connectivity index (χ1v) is 7.69. The van der Waals surface area contributed by atoms with Gasteiger partial charge in [0.15, 0.2) is 5.16 Å². The lowest BCUT2D eigenvalue weighted by molar-refractivity contribution is 0.789. The summed E-state index contributed by atoms with van der Waals surface area (Å²) in [5.41, 5.74) is 1.22. The third kappa shape index (κ3) is 2.77. The summed E-state index contributed by atoms with van der Waals surface area (Å²) in [4.78, 5) is 13.2. The van der Waals surface area contributed by atoms with E-state index in [2.05, 4.69) is 56.3 Å². The highest BCUT2D eigenvalue weighted by molar-refractivity contribution is 7.98. The Hall–Kier alpha value is -2.01. The summed E-state index contributed by atoms with van der Waals surface area (Å²) in [6.45, 7) is 1.71. The molecule has 0 spiro atoms. The van der Waals surface area contributed by atoms with Crippen LogP contribution in [-0.2, 0) is 0 Å². The molecule has 2 aromatic rings. The summed E-state index contributed by atoms with van der Waals surface area (Å²) in [6.07, 6.45) is 8.04. The molecule has 0 N–H and O–H groups in total. The molecule has 0 saturated carbocycles. The lowest BCUT2D eigenvalue weighted by Crippen LogP contribution is -2.39. The van der Waals surface area contributed by atoms with Crippen molar-refractivity contribution in [1.29, 1.82) is 0 Å². The first-order chi connectivity index (χ1) is 9.86. The van der Waals surface area contributed by atoms with Crippen LogP contribution >= 0.6 is 11.8 Å². The molecule has 1 aromatic heterocycles. The zero-order valence-electron chi connectivity index (χ0n) is 11.3. The molecule has 0 amide bonds. The summed E-state index contributed by atoms with van der Waals surface area (Å²) in [5.74, 6) is 0.932. The van der Waals surface area contributed by atoms with Crippen molar-refractivity contribution in [2.24, 2.45) is 0 Å². The van der Waals surface area contributed by atoms with Gasteiger partial charge in [-0.05, 0) is 30.5 Å². The summed E-state index contributed by atoms with van der Waals surface area (Å²) in [7, 11) is 0. The van der Waals surface area contributed by atoms with Crippen LogP contribution in [0.15, 0.2) is 60.0 Å². The predicted octanol–water partition coefficient (Wildman–Crippen LogP) is 3.00. The number of benzene rings is 1. The van der Waals surface area contributed by atoms with Gasteiger partial charge in [-0.3, -0.25) is 0 Å². The third-order valence-electron chi connectivity index (χ3n) is 3.15. The standard InChI is InChI=1S/C15H16N4S/c1-20-15-16-9-8-14(17-15)19-11-5-10-18(12-19)13-6-3-2-4-7-13/h2-9,11H,10,12H2,1H3. The highest BCUT2D eigenvalue weighted by atomic mass is 32.2. The molecule has 102 valence electrons. The minimum Gasteiger partial charge on any atom is -0.350 e. The second kappa shape index (κ2) is 5.96. The number of thioether (sulfide) groups is 1. The van der Waals surface area contributed by atoms with Crippen molar-refractivity contribution < 1.29 is 0 Å². The largest absolute Gasteiger partial charge is 0.350 e. The number of nitrogens with zero attached hydrogens (tertiary/aromatic N) is 4. The van der Waals surface area contributed by atoms with Gasteiger partial charge in [0.25, 0.3) is 0 Å². The molecule has 0 bridgehead atoms. The van der Waals surface area contributed by atoms with Gasteiger partial charge in [0.1, 0.15) is 5.82 Å². The van der Waals surface area contributed by atoms with Crippen molar-refractivity contribution in [3.63, 3.8) is 0 Å². The van der Waals surface area contributed by atoms with Crippen LogP contribution in [0.4, 0.5) is 11.5 Å². The summed E-state index contributed by atoms with van der Waals surface area (Å²) in [5, 5.41) is 0.799. The fourth-order valence-electron chi connectivity index (χ4n) is 2.16. The van der Waals surface area contributed by atoms with Gasteiger partial charge in [-0.25, -0.2) is 9.97 Å². The van der Waals surface area contributed by atoms with Crippen molar-refractivity contribution in [3.8, 4) is 0 Å². The first-order valence-electron chi connectivity index (χ1n) is 6.47. The van der Waals surface area contributed by atoms with Crippen LogP contribution in [-0.4, -0.2) is 29.4 Å². The van der Waals surface area contributed by atoms with E-state index < -0.39 is 0 Å². The molecule has 0 radical (unpaired) electrons. The topological polar surface area (TPSA) is 32.3 Å². The molecule has 1 aliphatic rings. The lowest BCUT2D eigenvalue weighted by Gasteiger charge is -2.33.